The van der Waals surface area contributed by atoms with Gasteiger partial charge in [0.15, 0.2) is 0 Å². The first-order valence-corrected chi connectivity index (χ1v) is 7.27. The monoisotopic (exact) mass is 246 g/mol. The maximum Gasteiger partial charge on any atom is 0.479 e. The van der Waals surface area contributed by atoms with Crippen LogP contribution in [0.5, 0.6) is 0 Å². The Morgan fingerprint density at radius 3 is 2.36 bits per heavy atom. The van der Waals surface area contributed by atoms with Crippen LogP contribution in [0, 0.1) is 0 Å². The number of epoxide rings is 1. The molecule has 1 saturated heterocycles. The van der Waals surface area contributed by atoms with E-state index in [0.29, 0.717) is 6.61 Å². The van der Waals surface area contributed by atoms with Crippen LogP contribution in [0.3, 0.4) is 0 Å². The number of hydrogen-bond acceptors (Lipinski definition) is 5. The van der Waals surface area contributed by atoms with Gasteiger partial charge in [0.25, 0.3) is 0 Å². The highest BCUT2D eigenvalue weighted by Gasteiger charge is 2.43. The molecule has 1 aliphatic heterocycles. The average Bonchev–Trinajstić information content (AvgIpc) is 2.61. The summed E-state index contributed by atoms with van der Waals surface area (Å²) in [4.78, 5) is 17.7. The molecule has 3 atom stereocenters. The van der Waals surface area contributed by atoms with Gasteiger partial charge in [-0.1, -0.05) is 0 Å². The minimum atomic E-state index is -4.46. The minimum absolute atomic E-state index is 0.152. The third-order valence-corrected chi connectivity index (χ3v) is 3.92. The summed E-state index contributed by atoms with van der Waals surface area (Å²) in [5.41, 5.74) is -0.574. The van der Waals surface area contributed by atoms with Crippen molar-refractivity contribution in [1.29, 1.82) is 0 Å². The largest absolute Gasteiger partial charge is 0.479 e. The SMILES string of the molecule is CC1(COP(=O)(O)OP(C)(=O)O)CO1. The topological polar surface area (TPSA) is 106 Å². The van der Waals surface area contributed by atoms with E-state index in [2.05, 4.69) is 8.83 Å². The number of phosphoric acid groups is 1. The smallest absolute Gasteiger partial charge is 0.367 e. The predicted octanol–water partition coefficient (Wildman–Crippen LogP) is 0.724. The molecular formula is C5H12O7P2. The molecule has 0 aromatic heterocycles. The fourth-order valence-electron chi connectivity index (χ4n) is 0.640. The summed E-state index contributed by atoms with van der Waals surface area (Å²) < 4.78 is 35.0. The van der Waals surface area contributed by atoms with Crippen molar-refractivity contribution in [2.75, 3.05) is 19.9 Å². The van der Waals surface area contributed by atoms with Crippen LogP contribution in [0.4, 0.5) is 0 Å². The molecule has 9 heteroatoms. The zero-order valence-electron chi connectivity index (χ0n) is 7.74. The summed E-state index contributed by atoms with van der Waals surface area (Å²) >= 11 is 0. The summed E-state index contributed by atoms with van der Waals surface area (Å²) in [7, 11) is -8.49. The van der Waals surface area contributed by atoms with Gasteiger partial charge in [-0.25, -0.2) is 8.88 Å². The fourth-order valence-corrected chi connectivity index (χ4v) is 2.80. The Labute approximate surface area is 81.1 Å². The third-order valence-electron chi connectivity index (χ3n) is 1.42. The first-order valence-electron chi connectivity index (χ1n) is 3.75. The predicted molar refractivity (Wildman–Crippen MR) is 47.0 cm³/mol. The van der Waals surface area contributed by atoms with E-state index >= 15 is 0 Å². The van der Waals surface area contributed by atoms with E-state index in [9.17, 15) is 9.13 Å². The molecule has 0 radical (unpaired) electrons. The highest BCUT2D eigenvalue weighted by molar-refractivity contribution is 7.63. The second-order valence-corrected chi connectivity index (χ2v) is 6.82. The van der Waals surface area contributed by atoms with Gasteiger partial charge in [0.05, 0.1) is 13.2 Å². The summed E-state index contributed by atoms with van der Waals surface area (Å²) in [5, 5.41) is 0. The number of rotatable bonds is 5. The molecular weight excluding hydrogens is 234 g/mol. The van der Waals surface area contributed by atoms with Crippen LogP contribution in [0.15, 0.2) is 0 Å². The van der Waals surface area contributed by atoms with Gasteiger partial charge >= 0.3 is 15.4 Å². The fraction of sp³-hybridized carbons (Fsp3) is 1.00. The number of ether oxygens (including phenoxy) is 1. The molecule has 0 spiro atoms. The highest BCUT2D eigenvalue weighted by atomic mass is 31.3. The molecule has 1 fully saturated rings. The van der Waals surface area contributed by atoms with Gasteiger partial charge in [-0.3, -0.25) is 9.09 Å². The quantitative estimate of drug-likeness (QED) is 0.543. The average molecular weight is 246 g/mol. The van der Waals surface area contributed by atoms with Crippen molar-refractivity contribution in [3.05, 3.63) is 0 Å². The van der Waals surface area contributed by atoms with Crippen molar-refractivity contribution >= 4 is 15.4 Å². The van der Waals surface area contributed by atoms with Crippen LogP contribution in [0.25, 0.3) is 0 Å². The molecule has 0 aromatic rings. The van der Waals surface area contributed by atoms with E-state index in [0.717, 1.165) is 6.66 Å². The van der Waals surface area contributed by atoms with Crippen molar-refractivity contribution in [3.63, 3.8) is 0 Å². The lowest BCUT2D eigenvalue weighted by atomic mass is 10.2. The lowest BCUT2D eigenvalue weighted by Crippen LogP contribution is -2.13. The zero-order valence-corrected chi connectivity index (χ0v) is 9.53. The van der Waals surface area contributed by atoms with Gasteiger partial charge in [0, 0.05) is 6.66 Å². The minimum Gasteiger partial charge on any atom is -0.367 e. The zero-order chi connectivity index (χ0) is 11.0. The number of phosphoric ester groups is 1. The second kappa shape index (κ2) is 3.68. The molecule has 0 saturated carbocycles. The van der Waals surface area contributed by atoms with Gasteiger partial charge in [-0.2, -0.15) is 0 Å². The lowest BCUT2D eigenvalue weighted by Gasteiger charge is -2.14. The molecule has 3 unspecified atom stereocenters. The Kier molecular flexibility index (Phi) is 3.24. The van der Waals surface area contributed by atoms with Crippen LogP contribution >= 0.6 is 15.4 Å². The van der Waals surface area contributed by atoms with Crippen molar-refractivity contribution in [1.82, 2.24) is 0 Å². The Morgan fingerprint density at radius 2 is 2.00 bits per heavy atom. The Bertz CT molecular complexity index is 303. The van der Waals surface area contributed by atoms with Crippen LogP contribution in [0.1, 0.15) is 6.92 Å². The van der Waals surface area contributed by atoms with Gasteiger partial charge < -0.3 is 14.5 Å². The standard InChI is InChI=1S/C5H12O7P2/c1-5(3-10-5)4-11-14(8,9)12-13(2,6)7/h3-4H2,1-2H3,(H,6,7)(H,8,9). The van der Waals surface area contributed by atoms with Gasteiger partial charge in [-0.15, -0.1) is 0 Å². The third kappa shape index (κ3) is 4.66. The molecule has 2 N–H and O–H groups in total. The Hall–Kier alpha value is 0.260. The van der Waals surface area contributed by atoms with Crippen LogP contribution in [0.2, 0.25) is 0 Å². The van der Waals surface area contributed by atoms with Crippen molar-refractivity contribution in [3.8, 4) is 0 Å². The molecule has 14 heavy (non-hydrogen) atoms. The van der Waals surface area contributed by atoms with Crippen molar-refractivity contribution in [2.45, 2.75) is 12.5 Å². The Morgan fingerprint density at radius 1 is 1.50 bits per heavy atom. The van der Waals surface area contributed by atoms with Crippen LogP contribution in [-0.2, 0) is 22.7 Å². The second-order valence-electron chi connectivity index (χ2n) is 3.37. The maximum absolute atomic E-state index is 11.0. The molecule has 84 valence electrons. The lowest BCUT2D eigenvalue weighted by molar-refractivity contribution is 0.149. The molecule has 0 aromatic carbocycles. The van der Waals surface area contributed by atoms with Crippen molar-refractivity contribution in [2.24, 2.45) is 0 Å². The van der Waals surface area contributed by atoms with E-state index in [4.69, 9.17) is 14.5 Å². The molecule has 1 heterocycles. The molecule has 0 bridgehead atoms. The van der Waals surface area contributed by atoms with E-state index in [1.54, 1.807) is 6.92 Å². The highest BCUT2D eigenvalue weighted by Crippen LogP contribution is 2.58. The summed E-state index contributed by atoms with van der Waals surface area (Å²) in [5.74, 6) is 0. The van der Waals surface area contributed by atoms with E-state index in [1.807, 2.05) is 0 Å². The van der Waals surface area contributed by atoms with E-state index in [1.165, 1.54) is 0 Å². The Balaban J connectivity index is 2.41. The van der Waals surface area contributed by atoms with Gasteiger partial charge in [0.2, 0.25) is 0 Å². The maximum atomic E-state index is 11.0. The van der Waals surface area contributed by atoms with Crippen LogP contribution < -0.4 is 0 Å². The summed E-state index contributed by atoms with van der Waals surface area (Å²) in [6.07, 6.45) is 0. The molecule has 1 rings (SSSR count). The molecule has 0 amide bonds. The van der Waals surface area contributed by atoms with E-state index < -0.39 is 21.0 Å². The van der Waals surface area contributed by atoms with Crippen molar-refractivity contribution < 1.29 is 32.5 Å². The van der Waals surface area contributed by atoms with Crippen LogP contribution in [-0.4, -0.2) is 35.3 Å². The first-order chi connectivity index (χ1) is 6.12. The molecule has 1 aliphatic rings. The first kappa shape index (κ1) is 12.3. The van der Waals surface area contributed by atoms with Gasteiger partial charge in [-0.05, 0) is 6.92 Å². The molecule has 7 nitrogen and oxygen atoms in total. The molecule has 0 aliphatic carbocycles. The summed E-state index contributed by atoms with van der Waals surface area (Å²) in [6, 6.07) is 0. The van der Waals surface area contributed by atoms with E-state index in [-0.39, 0.29) is 6.61 Å². The number of hydrogen-bond donors (Lipinski definition) is 2. The normalized spacial score (nSPS) is 34.6. The summed E-state index contributed by atoms with van der Waals surface area (Å²) in [6.45, 7) is 2.75. The van der Waals surface area contributed by atoms with Gasteiger partial charge in [0.1, 0.15) is 5.60 Å².